The van der Waals surface area contributed by atoms with Crippen molar-refractivity contribution in [1.82, 2.24) is 0 Å². The number of sulfone groups is 1. The van der Waals surface area contributed by atoms with Crippen LogP contribution in [0.1, 0.15) is 6.42 Å². The molecule has 0 heterocycles. The van der Waals surface area contributed by atoms with Gasteiger partial charge < -0.3 is 10.5 Å². The number of nitrogens with two attached hydrogens (primary N) is 1. The van der Waals surface area contributed by atoms with Crippen molar-refractivity contribution in [3.05, 3.63) is 0 Å². The molecule has 92 valence electrons. The molecule has 0 fully saturated rings. The maximum absolute atomic E-state index is 11.6. The van der Waals surface area contributed by atoms with E-state index in [1.54, 1.807) is 0 Å². The summed E-state index contributed by atoms with van der Waals surface area (Å²) in [6.45, 7) is -1.53. The first-order valence-electron chi connectivity index (χ1n) is 4.18. The van der Waals surface area contributed by atoms with Crippen LogP contribution in [0.2, 0.25) is 0 Å². The van der Waals surface area contributed by atoms with Crippen LogP contribution in [0, 0.1) is 0 Å². The fourth-order valence-electron chi connectivity index (χ4n) is 0.895. The Labute approximate surface area is 86.5 Å². The number of hydrogen-bond acceptors (Lipinski definition) is 4. The van der Waals surface area contributed by atoms with Crippen molar-refractivity contribution in [3.8, 4) is 0 Å². The Morgan fingerprint density at radius 3 is 2.33 bits per heavy atom. The Morgan fingerprint density at radius 1 is 1.40 bits per heavy atom. The van der Waals surface area contributed by atoms with Gasteiger partial charge in [0.1, 0.15) is 16.4 Å². The molecule has 4 nitrogen and oxygen atoms in total. The Balaban J connectivity index is 3.61. The van der Waals surface area contributed by atoms with E-state index in [2.05, 4.69) is 4.74 Å². The third-order valence-corrected chi connectivity index (χ3v) is 2.45. The number of rotatable bonds is 6. The summed E-state index contributed by atoms with van der Waals surface area (Å²) in [6, 6.07) is -0.687. The maximum atomic E-state index is 11.6. The molecule has 0 rings (SSSR count). The molecule has 0 spiro atoms. The zero-order valence-corrected chi connectivity index (χ0v) is 9.07. The largest absolute Gasteiger partial charge is 0.411 e. The van der Waals surface area contributed by atoms with E-state index in [0.717, 1.165) is 6.26 Å². The van der Waals surface area contributed by atoms with E-state index >= 15 is 0 Å². The molecule has 1 atom stereocenters. The van der Waals surface area contributed by atoms with Crippen LogP contribution in [-0.4, -0.2) is 45.9 Å². The highest BCUT2D eigenvalue weighted by molar-refractivity contribution is 7.90. The van der Waals surface area contributed by atoms with Gasteiger partial charge in [-0.2, -0.15) is 13.2 Å². The zero-order valence-electron chi connectivity index (χ0n) is 8.25. The molecule has 0 amide bonds. The van der Waals surface area contributed by atoms with Gasteiger partial charge in [0, 0.05) is 18.9 Å². The van der Waals surface area contributed by atoms with E-state index in [0.29, 0.717) is 0 Å². The third-order valence-electron chi connectivity index (χ3n) is 1.42. The fourth-order valence-corrected chi connectivity index (χ4v) is 1.84. The van der Waals surface area contributed by atoms with Gasteiger partial charge in [-0.3, -0.25) is 0 Å². The summed E-state index contributed by atoms with van der Waals surface area (Å²) in [5, 5.41) is 0. The maximum Gasteiger partial charge on any atom is 0.411 e. The molecule has 2 N–H and O–H groups in total. The Bertz CT molecular complexity index is 276. The molecule has 0 saturated heterocycles. The minimum atomic E-state index is -4.36. The molecule has 1 unspecified atom stereocenters. The lowest BCUT2D eigenvalue weighted by Crippen LogP contribution is -2.31. The molecular formula is C7H14F3NO3S. The quantitative estimate of drug-likeness (QED) is 0.689. The lowest BCUT2D eigenvalue weighted by atomic mass is 10.3. The van der Waals surface area contributed by atoms with Gasteiger partial charge in [-0.1, -0.05) is 0 Å². The lowest BCUT2D eigenvalue weighted by Gasteiger charge is -2.11. The van der Waals surface area contributed by atoms with Crippen molar-refractivity contribution in [3.63, 3.8) is 0 Å². The van der Waals surface area contributed by atoms with Crippen molar-refractivity contribution in [2.24, 2.45) is 5.73 Å². The number of alkyl halides is 3. The summed E-state index contributed by atoms with van der Waals surface area (Å²) < 4.78 is 60.5. The second-order valence-electron chi connectivity index (χ2n) is 3.31. The van der Waals surface area contributed by atoms with Crippen LogP contribution in [0.3, 0.4) is 0 Å². The average Bonchev–Trinajstić information content (AvgIpc) is 1.92. The van der Waals surface area contributed by atoms with Gasteiger partial charge >= 0.3 is 6.18 Å². The predicted molar refractivity (Wildman–Crippen MR) is 49.2 cm³/mol. The van der Waals surface area contributed by atoms with Crippen molar-refractivity contribution < 1.29 is 26.3 Å². The van der Waals surface area contributed by atoms with Crippen LogP contribution in [-0.2, 0) is 14.6 Å². The minimum absolute atomic E-state index is 0.0865. The summed E-state index contributed by atoms with van der Waals surface area (Å²) in [5.41, 5.74) is 5.37. The van der Waals surface area contributed by atoms with Crippen LogP contribution in [0.25, 0.3) is 0 Å². The van der Waals surface area contributed by atoms with Gasteiger partial charge in [0.25, 0.3) is 0 Å². The van der Waals surface area contributed by atoms with Crippen molar-refractivity contribution >= 4 is 9.84 Å². The van der Waals surface area contributed by atoms with Crippen LogP contribution >= 0.6 is 0 Å². The summed E-state index contributed by atoms with van der Waals surface area (Å²) in [4.78, 5) is 0. The third kappa shape index (κ3) is 11.6. The zero-order chi connectivity index (χ0) is 12.1. The molecule has 8 heteroatoms. The molecular weight excluding hydrogens is 235 g/mol. The van der Waals surface area contributed by atoms with Gasteiger partial charge in [-0.25, -0.2) is 8.42 Å². The monoisotopic (exact) mass is 249 g/mol. The molecule has 15 heavy (non-hydrogen) atoms. The summed E-state index contributed by atoms with van der Waals surface area (Å²) in [5.74, 6) is -0.248. The molecule has 0 saturated carbocycles. The Morgan fingerprint density at radius 2 is 1.93 bits per heavy atom. The van der Waals surface area contributed by atoms with E-state index in [4.69, 9.17) is 5.73 Å². The second kappa shape index (κ2) is 5.66. The minimum Gasteiger partial charge on any atom is -0.372 e. The fraction of sp³-hybridized carbons (Fsp3) is 1.00. The molecule has 0 bridgehead atoms. The number of hydrogen-bond donors (Lipinski definition) is 1. The second-order valence-corrected chi connectivity index (χ2v) is 5.49. The first-order valence-corrected chi connectivity index (χ1v) is 6.24. The van der Waals surface area contributed by atoms with E-state index in [9.17, 15) is 21.6 Å². The lowest BCUT2D eigenvalue weighted by molar-refractivity contribution is -0.174. The van der Waals surface area contributed by atoms with Crippen molar-refractivity contribution in [2.45, 2.75) is 18.6 Å². The van der Waals surface area contributed by atoms with Gasteiger partial charge in [0.15, 0.2) is 0 Å². The molecule has 0 aromatic carbocycles. The molecule has 0 aliphatic heterocycles. The highest BCUT2D eigenvalue weighted by Crippen LogP contribution is 2.14. The number of halogens is 3. The summed E-state index contributed by atoms with van der Waals surface area (Å²) in [6.07, 6.45) is -3.26. The topological polar surface area (TPSA) is 69.4 Å². The molecule has 0 aromatic rings. The van der Waals surface area contributed by atoms with E-state index in [1.165, 1.54) is 0 Å². The van der Waals surface area contributed by atoms with Crippen molar-refractivity contribution in [1.29, 1.82) is 0 Å². The number of ether oxygens (including phenoxy) is 1. The normalized spacial score (nSPS) is 15.3. The van der Waals surface area contributed by atoms with Gasteiger partial charge in [-0.05, 0) is 6.42 Å². The Hall–Kier alpha value is -0.340. The van der Waals surface area contributed by atoms with Crippen LogP contribution in [0.15, 0.2) is 0 Å². The van der Waals surface area contributed by atoms with E-state index in [1.807, 2.05) is 0 Å². The predicted octanol–water partition coefficient (Wildman–Crippen LogP) is 0.327. The molecule has 0 aromatic heterocycles. The van der Waals surface area contributed by atoms with Crippen molar-refractivity contribution in [2.75, 3.05) is 25.2 Å². The average molecular weight is 249 g/mol. The van der Waals surface area contributed by atoms with Gasteiger partial charge in [0.2, 0.25) is 0 Å². The first-order chi connectivity index (χ1) is 6.60. The van der Waals surface area contributed by atoms with Crippen LogP contribution < -0.4 is 5.73 Å². The van der Waals surface area contributed by atoms with Gasteiger partial charge in [-0.15, -0.1) is 0 Å². The first kappa shape index (κ1) is 14.7. The van der Waals surface area contributed by atoms with Gasteiger partial charge in [0.05, 0.1) is 5.75 Å². The highest BCUT2D eigenvalue weighted by Gasteiger charge is 2.27. The molecule has 0 aliphatic carbocycles. The smallest absolute Gasteiger partial charge is 0.372 e. The summed E-state index contributed by atoms with van der Waals surface area (Å²) in [7, 11) is -3.19. The summed E-state index contributed by atoms with van der Waals surface area (Å²) >= 11 is 0. The SMILES string of the molecule is CS(=O)(=O)CC(N)CCOCC(F)(F)F. The Kier molecular flexibility index (Phi) is 5.54. The van der Waals surface area contributed by atoms with Crippen LogP contribution in [0.5, 0.6) is 0 Å². The molecule has 0 aliphatic rings. The standard InChI is InChI=1S/C7H14F3NO3S/c1-15(12,13)4-6(11)2-3-14-5-7(8,9)10/h6H,2-5,11H2,1H3. The molecule has 0 radical (unpaired) electrons. The van der Waals surface area contributed by atoms with E-state index in [-0.39, 0.29) is 18.8 Å². The van der Waals surface area contributed by atoms with Crippen LogP contribution in [0.4, 0.5) is 13.2 Å². The highest BCUT2D eigenvalue weighted by atomic mass is 32.2. The van der Waals surface area contributed by atoms with E-state index < -0.39 is 28.7 Å².